The smallest absolute Gasteiger partial charge is 0.338 e. The van der Waals surface area contributed by atoms with Crippen molar-refractivity contribution in [3.8, 4) is 28.7 Å². The second kappa shape index (κ2) is 5.73. The fourth-order valence-electron chi connectivity index (χ4n) is 3.46. The molecule has 0 fully saturated rings. The number of phenols is 1. The zero-order valence-corrected chi connectivity index (χ0v) is 13.9. The molecular formula is C19H14O8. The quantitative estimate of drug-likeness (QED) is 0.794. The van der Waals surface area contributed by atoms with E-state index < -0.39 is 11.9 Å². The highest BCUT2D eigenvalue weighted by Gasteiger charge is 2.37. The fourth-order valence-corrected chi connectivity index (χ4v) is 3.46. The molecule has 0 bridgehead atoms. The van der Waals surface area contributed by atoms with E-state index in [0.29, 0.717) is 34.1 Å². The first-order valence-corrected chi connectivity index (χ1v) is 8.23. The molecule has 5 rings (SSSR count). The molecule has 138 valence electrons. The lowest BCUT2D eigenvalue weighted by molar-refractivity contribution is -0.136. The molecular weight excluding hydrogens is 356 g/mol. The molecule has 27 heavy (non-hydrogen) atoms. The number of cyclic esters (lactones) is 1. The summed E-state index contributed by atoms with van der Waals surface area (Å²) in [6, 6.07) is 8.19. The maximum Gasteiger partial charge on any atom is 0.338 e. The van der Waals surface area contributed by atoms with Crippen molar-refractivity contribution < 1.29 is 38.7 Å². The van der Waals surface area contributed by atoms with Crippen LogP contribution in [0, 0.1) is 0 Å². The number of aromatic hydroxyl groups is 1. The van der Waals surface area contributed by atoms with E-state index in [1.165, 1.54) is 6.07 Å². The second-order valence-corrected chi connectivity index (χ2v) is 6.25. The molecule has 0 radical (unpaired) electrons. The Balaban J connectivity index is 1.70. The molecule has 0 amide bonds. The number of hydrogen-bond donors (Lipinski definition) is 2. The maximum atomic E-state index is 12.3. The summed E-state index contributed by atoms with van der Waals surface area (Å²) in [5.74, 6) is 0.245. The molecule has 0 saturated carbocycles. The summed E-state index contributed by atoms with van der Waals surface area (Å²) in [7, 11) is 0. The molecule has 2 aromatic rings. The molecule has 0 unspecified atom stereocenters. The lowest BCUT2D eigenvalue weighted by Crippen LogP contribution is -2.12. The molecule has 8 heteroatoms. The van der Waals surface area contributed by atoms with Crippen molar-refractivity contribution in [2.75, 3.05) is 20.2 Å². The van der Waals surface area contributed by atoms with Crippen LogP contribution in [0.25, 0.3) is 0 Å². The van der Waals surface area contributed by atoms with E-state index in [4.69, 9.17) is 23.7 Å². The highest BCUT2D eigenvalue weighted by molar-refractivity contribution is 5.94. The fraction of sp³-hybridized carbons (Fsp3) is 0.211. The predicted molar refractivity (Wildman–Crippen MR) is 89.3 cm³/mol. The zero-order valence-electron chi connectivity index (χ0n) is 13.9. The van der Waals surface area contributed by atoms with Gasteiger partial charge in [0.15, 0.2) is 23.0 Å². The number of aliphatic hydroxyl groups is 1. The highest BCUT2D eigenvalue weighted by atomic mass is 16.7. The van der Waals surface area contributed by atoms with Gasteiger partial charge in [-0.05, 0) is 23.8 Å². The van der Waals surface area contributed by atoms with Gasteiger partial charge < -0.3 is 33.9 Å². The van der Waals surface area contributed by atoms with Crippen LogP contribution in [0.5, 0.6) is 28.7 Å². The highest BCUT2D eigenvalue weighted by Crippen LogP contribution is 2.47. The molecule has 0 aromatic heterocycles. The average Bonchev–Trinajstić information content (AvgIpc) is 3.37. The maximum absolute atomic E-state index is 12.3. The van der Waals surface area contributed by atoms with Crippen LogP contribution in [0.2, 0.25) is 0 Å². The molecule has 8 nitrogen and oxygen atoms in total. The predicted octanol–water partition coefficient (Wildman–Crippen LogP) is 2.35. The monoisotopic (exact) mass is 370 g/mol. The first-order chi connectivity index (χ1) is 13.1. The standard InChI is InChI=1S/C19H14O8/c20-11-5-16-15(26-8-27-16)4-10(11)17(18-12(21)6-23-19(18)22)9-1-2-13-14(3-9)25-7-24-13/h1-5,17,20-21H,6-8H2/t17-/m1/s1. The summed E-state index contributed by atoms with van der Waals surface area (Å²) in [4.78, 5) is 12.3. The molecule has 0 spiro atoms. The lowest BCUT2D eigenvalue weighted by atomic mass is 9.83. The molecule has 0 saturated heterocycles. The van der Waals surface area contributed by atoms with Crippen molar-refractivity contribution in [1.82, 2.24) is 0 Å². The molecule has 3 aliphatic rings. The number of phenolic OH excluding ortho intramolecular Hbond substituents is 1. The number of carbonyl (C=O) groups is 1. The average molecular weight is 370 g/mol. The molecule has 2 N–H and O–H groups in total. The van der Waals surface area contributed by atoms with Crippen molar-refractivity contribution in [2.24, 2.45) is 0 Å². The van der Waals surface area contributed by atoms with Gasteiger partial charge in [0, 0.05) is 17.5 Å². The molecule has 0 aliphatic carbocycles. The van der Waals surface area contributed by atoms with Crippen LogP contribution >= 0.6 is 0 Å². The van der Waals surface area contributed by atoms with Crippen LogP contribution in [-0.2, 0) is 9.53 Å². The third-order valence-electron chi connectivity index (χ3n) is 4.72. The van der Waals surface area contributed by atoms with Crippen LogP contribution in [-0.4, -0.2) is 36.4 Å². The van der Waals surface area contributed by atoms with Crippen molar-refractivity contribution in [3.63, 3.8) is 0 Å². The van der Waals surface area contributed by atoms with Gasteiger partial charge in [-0.1, -0.05) is 6.07 Å². The number of fused-ring (bicyclic) bond motifs is 2. The van der Waals surface area contributed by atoms with Gasteiger partial charge in [0.05, 0.1) is 5.57 Å². The van der Waals surface area contributed by atoms with E-state index in [2.05, 4.69) is 0 Å². The van der Waals surface area contributed by atoms with Crippen LogP contribution in [0.3, 0.4) is 0 Å². The number of aliphatic hydroxyl groups excluding tert-OH is 1. The van der Waals surface area contributed by atoms with Gasteiger partial charge in [-0.2, -0.15) is 0 Å². The summed E-state index contributed by atoms with van der Waals surface area (Å²) in [5, 5.41) is 20.9. The van der Waals surface area contributed by atoms with Crippen molar-refractivity contribution in [1.29, 1.82) is 0 Å². The minimum absolute atomic E-state index is 0.0445. The molecule has 1 atom stereocenters. The van der Waals surface area contributed by atoms with Gasteiger partial charge in [-0.25, -0.2) is 4.79 Å². The normalized spacial score (nSPS) is 18.0. The number of hydrogen-bond acceptors (Lipinski definition) is 8. The third kappa shape index (κ3) is 2.41. The van der Waals surface area contributed by atoms with Crippen molar-refractivity contribution in [3.05, 3.63) is 52.8 Å². The number of esters is 1. The van der Waals surface area contributed by atoms with Crippen LogP contribution in [0.15, 0.2) is 41.7 Å². The summed E-state index contributed by atoms with van der Waals surface area (Å²) >= 11 is 0. The summed E-state index contributed by atoms with van der Waals surface area (Å²) in [6.07, 6.45) is 0. The van der Waals surface area contributed by atoms with E-state index in [9.17, 15) is 15.0 Å². The first-order valence-electron chi connectivity index (χ1n) is 8.23. The van der Waals surface area contributed by atoms with Crippen molar-refractivity contribution >= 4 is 5.97 Å². The minimum atomic E-state index is -0.788. The van der Waals surface area contributed by atoms with E-state index >= 15 is 0 Å². The first kappa shape index (κ1) is 15.7. The van der Waals surface area contributed by atoms with Crippen LogP contribution < -0.4 is 18.9 Å². The van der Waals surface area contributed by atoms with Crippen molar-refractivity contribution in [2.45, 2.75) is 5.92 Å². The van der Waals surface area contributed by atoms with Gasteiger partial charge in [-0.3, -0.25) is 0 Å². The summed E-state index contributed by atoms with van der Waals surface area (Å²) < 4.78 is 26.4. The Hall–Kier alpha value is -3.55. The van der Waals surface area contributed by atoms with E-state index in [0.717, 1.165) is 0 Å². The third-order valence-corrected chi connectivity index (χ3v) is 4.72. The Labute approximate surface area is 153 Å². The Bertz CT molecular complexity index is 993. The summed E-state index contributed by atoms with van der Waals surface area (Å²) in [5.41, 5.74) is 1.05. The molecule has 3 aliphatic heterocycles. The van der Waals surface area contributed by atoms with Gasteiger partial charge in [0.2, 0.25) is 13.6 Å². The second-order valence-electron chi connectivity index (χ2n) is 6.25. The largest absolute Gasteiger partial charge is 0.508 e. The zero-order chi connectivity index (χ0) is 18.5. The Morgan fingerprint density at radius 2 is 1.48 bits per heavy atom. The van der Waals surface area contributed by atoms with Gasteiger partial charge in [-0.15, -0.1) is 0 Å². The SMILES string of the molecule is O=C1OCC(O)=C1[C@H](c1ccc2c(c1)OCO2)c1cc2c(cc1O)OCO2. The number of benzene rings is 2. The van der Waals surface area contributed by atoms with E-state index in [1.54, 1.807) is 24.3 Å². The van der Waals surface area contributed by atoms with E-state index in [-0.39, 0.29) is 37.3 Å². The van der Waals surface area contributed by atoms with Gasteiger partial charge in [0.25, 0.3) is 0 Å². The van der Waals surface area contributed by atoms with Gasteiger partial charge in [0.1, 0.15) is 18.1 Å². The van der Waals surface area contributed by atoms with Gasteiger partial charge >= 0.3 is 5.97 Å². The Morgan fingerprint density at radius 3 is 2.19 bits per heavy atom. The van der Waals surface area contributed by atoms with Crippen LogP contribution in [0.1, 0.15) is 17.0 Å². The lowest BCUT2D eigenvalue weighted by Gasteiger charge is -2.20. The number of carbonyl (C=O) groups excluding carboxylic acids is 1. The minimum Gasteiger partial charge on any atom is -0.508 e. The topological polar surface area (TPSA) is 104 Å². The number of rotatable bonds is 3. The van der Waals surface area contributed by atoms with E-state index in [1.807, 2.05) is 0 Å². The molecule has 3 heterocycles. The van der Waals surface area contributed by atoms with Crippen LogP contribution in [0.4, 0.5) is 0 Å². The summed E-state index contributed by atoms with van der Waals surface area (Å²) in [6.45, 7) is -0.0574. The number of ether oxygens (including phenoxy) is 5. The Morgan fingerprint density at radius 1 is 0.815 bits per heavy atom. The Kier molecular flexibility index (Phi) is 3.33. The molecule has 2 aromatic carbocycles.